The Morgan fingerprint density at radius 3 is 2.25 bits per heavy atom. The molecular weight excluding hydrogens is 416 g/mol. The van der Waals surface area contributed by atoms with Crippen molar-refractivity contribution in [3.8, 4) is 11.5 Å². The van der Waals surface area contributed by atoms with Gasteiger partial charge in [-0.05, 0) is 66.8 Å². The van der Waals surface area contributed by atoms with E-state index < -0.39 is 18.9 Å². The van der Waals surface area contributed by atoms with Crippen LogP contribution in [0.2, 0.25) is 0 Å². The number of carbonyl (C=O) groups excluding carboxylic acids is 2. The first-order valence-electron chi connectivity index (χ1n) is 10.7. The molecule has 1 N–H and O–H groups in total. The summed E-state index contributed by atoms with van der Waals surface area (Å²) < 4.78 is 35.1. The Balaban J connectivity index is 1.56. The van der Waals surface area contributed by atoms with Crippen LogP contribution in [0.3, 0.4) is 0 Å². The van der Waals surface area contributed by atoms with Crippen LogP contribution in [-0.2, 0) is 4.79 Å². The van der Waals surface area contributed by atoms with E-state index in [1.54, 1.807) is 36.4 Å². The highest BCUT2D eigenvalue weighted by atomic mass is 19.3. The number of hydrogen-bond acceptors (Lipinski definition) is 4. The number of nitrogens with one attached hydrogen (secondary N) is 1. The topological polar surface area (TPSA) is 64.6 Å². The predicted octanol–water partition coefficient (Wildman–Crippen LogP) is 5.26. The molecule has 0 spiro atoms. The quantitative estimate of drug-likeness (QED) is 0.359. The molecule has 2 aromatic rings. The summed E-state index contributed by atoms with van der Waals surface area (Å²) in [6.07, 6.45) is 3.87. The Bertz CT molecular complexity index is 935. The van der Waals surface area contributed by atoms with Gasteiger partial charge in [-0.15, -0.1) is 0 Å². The van der Waals surface area contributed by atoms with E-state index in [4.69, 9.17) is 9.47 Å². The Morgan fingerprint density at radius 1 is 1.03 bits per heavy atom. The van der Waals surface area contributed by atoms with Crippen molar-refractivity contribution in [1.82, 2.24) is 5.32 Å². The normalized spacial score (nSPS) is 13.7. The molecule has 0 unspecified atom stereocenters. The van der Waals surface area contributed by atoms with Gasteiger partial charge in [-0.1, -0.05) is 25.0 Å². The maximum Gasteiger partial charge on any atom is 0.272 e. The standard InChI is InChI=1S/C25H27F2NO4/c1-17(29)23(15-19-6-10-22(11-7-19)32-16-24(26)27)28-25(30)20-8-12-21(13-9-20)31-14-2-3-18-4-5-18/h6-13,15,18,24H,2-5,14,16H2,1H3,(H,28,30)/b23-15-. The number of halogens is 2. The van der Waals surface area contributed by atoms with Crippen LogP contribution in [0, 0.1) is 5.92 Å². The lowest BCUT2D eigenvalue weighted by Gasteiger charge is -2.10. The molecule has 1 aliphatic rings. The van der Waals surface area contributed by atoms with Gasteiger partial charge in [0.05, 0.1) is 12.3 Å². The van der Waals surface area contributed by atoms with Gasteiger partial charge in [0.1, 0.15) is 18.1 Å². The van der Waals surface area contributed by atoms with Crippen molar-refractivity contribution in [2.75, 3.05) is 13.2 Å². The van der Waals surface area contributed by atoms with Crippen LogP contribution in [-0.4, -0.2) is 31.3 Å². The highest BCUT2D eigenvalue weighted by Gasteiger charge is 2.20. The zero-order chi connectivity index (χ0) is 22.9. The minimum Gasteiger partial charge on any atom is -0.494 e. The van der Waals surface area contributed by atoms with Crippen molar-refractivity contribution in [2.45, 2.75) is 39.0 Å². The molecule has 1 fully saturated rings. The summed E-state index contributed by atoms with van der Waals surface area (Å²) in [7, 11) is 0. The molecule has 0 saturated heterocycles. The molecule has 1 amide bonds. The Kier molecular flexibility index (Phi) is 8.36. The van der Waals surface area contributed by atoms with Gasteiger partial charge in [-0.3, -0.25) is 9.59 Å². The molecule has 1 aliphatic carbocycles. The minimum atomic E-state index is -2.55. The van der Waals surface area contributed by atoms with Gasteiger partial charge in [0.25, 0.3) is 12.3 Å². The van der Waals surface area contributed by atoms with Gasteiger partial charge in [0, 0.05) is 12.5 Å². The Morgan fingerprint density at radius 2 is 1.66 bits per heavy atom. The van der Waals surface area contributed by atoms with E-state index >= 15 is 0 Å². The van der Waals surface area contributed by atoms with Crippen LogP contribution in [0.5, 0.6) is 11.5 Å². The van der Waals surface area contributed by atoms with Crippen LogP contribution in [0.4, 0.5) is 8.78 Å². The molecule has 7 heteroatoms. The first-order chi connectivity index (χ1) is 15.4. The van der Waals surface area contributed by atoms with E-state index in [1.807, 2.05) is 0 Å². The zero-order valence-corrected chi connectivity index (χ0v) is 18.0. The smallest absolute Gasteiger partial charge is 0.272 e. The van der Waals surface area contributed by atoms with Crippen LogP contribution in [0.25, 0.3) is 6.08 Å². The molecule has 32 heavy (non-hydrogen) atoms. The lowest BCUT2D eigenvalue weighted by molar-refractivity contribution is -0.113. The second-order valence-corrected chi connectivity index (χ2v) is 7.80. The Labute approximate surface area is 186 Å². The van der Waals surface area contributed by atoms with Gasteiger partial charge in [0.2, 0.25) is 0 Å². The number of carbonyl (C=O) groups is 2. The van der Waals surface area contributed by atoms with Crippen molar-refractivity contribution < 1.29 is 27.8 Å². The van der Waals surface area contributed by atoms with Crippen LogP contribution >= 0.6 is 0 Å². The minimum absolute atomic E-state index is 0.122. The van der Waals surface area contributed by atoms with Gasteiger partial charge < -0.3 is 14.8 Å². The van der Waals surface area contributed by atoms with E-state index in [1.165, 1.54) is 44.4 Å². The molecule has 0 bridgehead atoms. The van der Waals surface area contributed by atoms with E-state index in [0.717, 1.165) is 12.3 Å². The van der Waals surface area contributed by atoms with Gasteiger partial charge in [0.15, 0.2) is 5.78 Å². The molecular formula is C25H27F2NO4. The third-order valence-electron chi connectivity index (χ3n) is 5.03. The van der Waals surface area contributed by atoms with E-state index in [0.29, 0.717) is 29.2 Å². The molecule has 2 aromatic carbocycles. The molecule has 3 rings (SSSR count). The fraction of sp³-hybridized carbons (Fsp3) is 0.360. The summed E-state index contributed by atoms with van der Waals surface area (Å²) in [4.78, 5) is 24.6. The highest BCUT2D eigenvalue weighted by molar-refractivity contribution is 6.05. The van der Waals surface area contributed by atoms with Gasteiger partial charge in [-0.25, -0.2) is 8.78 Å². The van der Waals surface area contributed by atoms with Crippen molar-refractivity contribution in [3.05, 3.63) is 65.4 Å². The molecule has 1 saturated carbocycles. The summed E-state index contributed by atoms with van der Waals surface area (Å²) in [5.41, 5.74) is 1.14. The van der Waals surface area contributed by atoms with Crippen molar-refractivity contribution in [3.63, 3.8) is 0 Å². The van der Waals surface area contributed by atoms with E-state index in [9.17, 15) is 18.4 Å². The predicted molar refractivity (Wildman–Crippen MR) is 118 cm³/mol. The third-order valence-corrected chi connectivity index (χ3v) is 5.03. The number of Topliss-reactive ketones (excluding diaryl/α,β-unsaturated/α-hetero) is 1. The number of rotatable bonds is 12. The average Bonchev–Trinajstić information content (AvgIpc) is 3.60. The number of ketones is 1. The molecule has 0 aromatic heterocycles. The van der Waals surface area contributed by atoms with E-state index in [-0.39, 0.29) is 11.5 Å². The van der Waals surface area contributed by atoms with Crippen LogP contribution in [0.15, 0.2) is 54.2 Å². The SMILES string of the molecule is CC(=O)/C(=C/c1ccc(OCC(F)F)cc1)NC(=O)c1ccc(OCCCC2CC2)cc1. The van der Waals surface area contributed by atoms with Crippen molar-refractivity contribution in [2.24, 2.45) is 5.92 Å². The summed E-state index contributed by atoms with van der Waals surface area (Å²) in [5.74, 6) is 1.15. The molecule has 0 radical (unpaired) electrons. The Hall–Kier alpha value is -3.22. The molecule has 0 aliphatic heterocycles. The maximum atomic E-state index is 12.6. The summed E-state index contributed by atoms with van der Waals surface area (Å²) >= 11 is 0. The number of alkyl halides is 2. The fourth-order valence-electron chi connectivity index (χ4n) is 3.08. The van der Waals surface area contributed by atoms with Gasteiger partial charge in [-0.2, -0.15) is 0 Å². The third kappa shape index (κ3) is 7.80. The maximum absolute atomic E-state index is 12.6. The molecule has 5 nitrogen and oxygen atoms in total. The monoisotopic (exact) mass is 443 g/mol. The van der Waals surface area contributed by atoms with Crippen LogP contribution < -0.4 is 14.8 Å². The fourth-order valence-corrected chi connectivity index (χ4v) is 3.08. The summed E-state index contributed by atoms with van der Waals surface area (Å²) in [5, 5.41) is 2.63. The second-order valence-electron chi connectivity index (χ2n) is 7.80. The summed E-state index contributed by atoms with van der Waals surface area (Å²) in [6.45, 7) is 1.32. The molecule has 170 valence electrons. The first-order valence-corrected chi connectivity index (χ1v) is 10.7. The number of hydrogen-bond donors (Lipinski definition) is 1. The zero-order valence-electron chi connectivity index (χ0n) is 18.0. The lowest BCUT2D eigenvalue weighted by atomic mass is 10.1. The number of benzene rings is 2. The lowest BCUT2D eigenvalue weighted by Crippen LogP contribution is -2.26. The largest absolute Gasteiger partial charge is 0.494 e. The van der Waals surface area contributed by atoms with E-state index in [2.05, 4.69) is 5.32 Å². The second kappa shape index (κ2) is 11.4. The number of ether oxygens (including phenoxy) is 2. The van der Waals surface area contributed by atoms with Crippen molar-refractivity contribution in [1.29, 1.82) is 0 Å². The van der Waals surface area contributed by atoms with Gasteiger partial charge >= 0.3 is 0 Å². The number of amides is 1. The first kappa shape index (κ1) is 23.4. The highest BCUT2D eigenvalue weighted by Crippen LogP contribution is 2.33. The number of allylic oxidation sites excluding steroid dienone is 1. The average molecular weight is 443 g/mol. The molecule has 0 atom stereocenters. The van der Waals surface area contributed by atoms with Crippen LogP contribution in [0.1, 0.15) is 48.5 Å². The summed E-state index contributed by atoms with van der Waals surface area (Å²) in [6, 6.07) is 13.1. The van der Waals surface area contributed by atoms with Crippen molar-refractivity contribution >= 4 is 17.8 Å². The molecule has 0 heterocycles.